The highest BCUT2D eigenvalue weighted by atomic mass is 32.1. The normalized spacial score (nSPS) is 14.7. The monoisotopic (exact) mass is 586 g/mol. The van der Waals surface area contributed by atoms with Crippen LogP contribution in [0.4, 0.5) is 0 Å². The number of nitrogens with zero attached hydrogens (tertiary/aromatic N) is 5. The van der Waals surface area contributed by atoms with Gasteiger partial charge in [-0.1, -0.05) is 76.5 Å². The number of nitrogens with one attached hydrogen (secondary N) is 1. The molecule has 2 aromatic rings. The number of carbonyl (C=O) groups excluding carboxylic acids is 3. The van der Waals surface area contributed by atoms with Gasteiger partial charge in [-0.15, -0.1) is 11.3 Å². The Morgan fingerprint density at radius 1 is 1.20 bits per heavy atom. The van der Waals surface area contributed by atoms with E-state index >= 15 is 0 Å². The van der Waals surface area contributed by atoms with Crippen molar-refractivity contribution in [1.29, 1.82) is 0 Å². The summed E-state index contributed by atoms with van der Waals surface area (Å²) in [4.78, 5) is 47.9. The maximum atomic E-state index is 13.6. The number of aromatic nitrogens is 1. The van der Waals surface area contributed by atoms with Crippen molar-refractivity contribution < 1.29 is 24.2 Å². The number of aliphatic hydroxyl groups excluding tert-OH is 1. The zero-order valence-corrected chi connectivity index (χ0v) is 25.5. The van der Waals surface area contributed by atoms with E-state index in [1.807, 2.05) is 65.0 Å². The van der Waals surface area contributed by atoms with Gasteiger partial charge in [-0.3, -0.25) is 9.59 Å². The van der Waals surface area contributed by atoms with Gasteiger partial charge in [-0.2, -0.15) is 0 Å². The van der Waals surface area contributed by atoms with Gasteiger partial charge in [0.05, 0.1) is 7.11 Å². The van der Waals surface area contributed by atoms with Crippen molar-refractivity contribution >= 4 is 29.1 Å². The zero-order chi connectivity index (χ0) is 30.5. The van der Waals surface area contributed by atoms with E-state index in [1.165, 1.54) is 12.5 Å². The van der Waals surface area contributed by atoms with Gasteiger partial charge >= 0.3 is 5.97 Å². The van der Waals surface area contributed by atoms with Crippen LogP contribution in [0.1, 0.15) is 81.0 Å². The largest absolute Gasteiger partial charge is 0.467 e. The smallest absolute Gasteiger partial charge is 0.328 e. The van der Waals surface area contributed by atoms with Crippen molar-refractivity contribution in [3.8, 4) is 0 Å². The maximum absolute atomic E-state index is 13.6. The fourth-order valence-corrected chi connectivity index (χ4v) is 5.38. The minimum atomic E-state index is -1.04. The van der Waals surface area contributed by atoms with Crippen molar-refractivity contribution in [1.82, 2.24) is 15.2 Å². The van der Waals surface area contributed by atoms with Crippen molar-refractivity contribution in [2.75, 3.05) is 13.7 Å². The van der Waals surface area contributed by atoms with E-state index in [4.69, 9.17) is 10.3 Å². The minimum Gasteiger partial charge on any atom is -0.467 e. The molecule has 1 aromatic carbocycles. The molecule has 0 saturated carbocycles. The van der Waals surface area contributed by atoms with Gasteiger partial charge in [-0.05, 0) is 29.4 Å². The number of hydrogen-bond acceptors (Lipinski definition) is 8. The standard InChI is InChI=1S/C29H42N6O5S/c1-7-14-35(28(38)25(33-34-30)19(5)8-2)23(18(3)4)16-24(36)27-32-22(17-41-27)26(37)31-21(29(39)40-6)15-20-12-10-9-11-13-20/h9-13,17-19,21,23-25,36H,7-8,14-16H2,1-6H3,(H,31,37)/t19?,21-,23+,24+,25-/m0/s1. The lowest BCUT2D eigenvalue weighted by Crippen LogP contribution is -2.49. The number of methoxy groups -OCH3 is 1. The third-order valence-electron chi connectivity index (χ3n) is 7.11. The van der Waals surface area contributed by atoms with Crippen LogP contribution in [0.15, 0.2) is 40.8 Å². The second kappa shape index (κ2) is 16.7. The minimum absolute atomic E-state index is 0.00895. The summed E-state index contributed by atoms with van der Waals surface area (Å²) in [6.07, 6.45) is 0.782. The molecule has 0 saturated heterocycles. The number of aliphatic hydroxyl groups is 1. The molecule has 2 amide bonds. The Morgan fingerprint density at radius 3 is 2.44 bits per heavy atom. The summed E-state index contributed by atoms with van der Waals surface area (Å²) in [5.74, 6) is -1.53. The molecule has 0 fully saturated rings. The number of hydrogen-bond donors (Lipinski definition) is 2. The van der Waals surface area contributed by atoms with Crippen LogP contribution in [0.5, 0.6) is 0 Å². The number of esters is 1. The Morgan fingerprint density at radius 2 is 1.88 bits per heavy atom. The van der Waals surface area contributed by atoms with Gasteiger partial charge in [0.1, 0.15) is 28.9 Å². The Kier molecular flexibility index (Phi) is 13.8. The van der Waals surface area contributed by atoms with Gasteiger partial charge in [0, 0.05) is 35.7 Å². The van der Waals surface area contributed by atoms with E-state index in [9.17, 15) is 19.5 Å². The van der Waals surface area contributed by atoms with Crippen molar-refractivity contribution in [2.24, 2.45) is 17.0 Å². The first kappa shape index (κ1) is 33.7. The van der Waals surface area contributed by atoms with Crippen LogP contribution in [-0.4, -0.2) is 64.6 Å². The summed E-state index contributed by atoms with van der Waals surface area (Å²) >= 11 is 1.13. The molecule has 5 atom stereocenters. The first-order valence-electron chi connectivity index (χ1n) is 14.0. The number of ether oxygens (including phenoxy) is 1. The summed E-state index contributed by atoms with van der Waals surface area (Å²) in [5.41, 5.74) is 10.0. The summed E-state index contributed by atoms with van der Waals surface area (Å²) < 4.78 is 4.88. The van der Waals surface area contributed by atoms with E-state index in [0.717, 1.165) is 16.9 Å². The highest BCUT2D eigenvalue weighted by Crippen LogP contribution is 2.29. The molecule has 1 unspecified atom stereocenters. The van der Waals surface area contributed by atoms with Crippen molar-refractivity contribution in [3.63, 3.8) is 0 Å². The number of amides is 2. The summed E-state index contributed by atoms with van der Waals surface area (Å²) in [6.45, 7) is 10.2. The topological polar surface area (TPSA) is 158 Å². The molecule has 0 radical (unpaired) electrons. The average Bonchev–Trinajstić information content (AvgIpc) is 3.47. The molecule has 2 N–H and O–H groups in total. The molecule has 0 aliphatic rings. The second-order valence-electron chi connectivity index (χ2n) is 10.4. The molecule has 0 spiro atoms. The predicted octanol–water partition coefficient (Wildman–Crippen LogP) is 5.07. The van der Waals surface area contributed by atoms with Gasteiger partial charge < -0.3 is 20.1 Å². The Balaban J connectivity index is 2.21. The third-order valence-corrected chi connectivity index (χ3v) is 8.05. The van der Waals surface area contributed by atoms with Crippen molar-refractivity contribution in [3.05, 3.63) is 62.4 Å². The first-order chi connectivity index (χ1) is 19.6. The molecule has 41 heavy (non-hydrogen) atoms. The molecule has 0 aliphatic carbocycles. The Hall–Kier alpha value is -3.47. The van der Waals surface area contributed by atoms with Gasteiger partial charge in [0.15, 0.2) is 0 Å². The fraction of sp³-hybridized carbons (Fsp3) is 0.586. The molecule has 0 bridgehead atoms. The fourth-order valence-electron chi connectivity index (χ4n) is 4.59. The molecule has 0 aliphatic heterocycles. The molecule has 2 rings (SSSR count). The third kappa shape index (κ3) is 9.55. The molecule has 1 aromatic heterocycles. The molecular formula is C29H42N6O5S. The van der Waals surface area contributed by atoms with E-state index < -0.39 is 30.1 Å². The molecule has 11 nitrogen and oxygen atoms in total. The highest BCUT2D eigenvalue weighted by molar-refractivity contribution is 7.09. The average molecular weight is 587 g/mol. The van der Waals surface area contributed by atoms with Gasteiger partial charge in [0.2, 0.25) is 5.91 Å². The summed E-state index contributed by atoms with van der Waals surface area (Å²) in [5, 5.41) is 19.5. The van der Waals surface area contributed by atoms with Crippen LogP contribution in [0.2, 0.25) is 0 Å². The number of azide groups is 1. The van der Waals surface area contributed by atoms with Crippen molar-refractivity contribution in [2.45, 2.75) is 84.5 Å². The number of carbonyl (C=O) groups is 3. The summed E-state index contributed by atoms with van der Waals surface area (Å²) in [6, 6.07) is 7.18. The van der Waals surface area contributed by atoms with Crippen LogP contribution >= 0.6 is 11.3 Å². The van der Waals surface area contributed by atoms with Crippen LogP contribution in [0.25, 0.3) is 10.4 Å². The van der Waals surface area contributed by atoms with E-state index in [2.05, 4.69) is 20.3 Å². The Labute approximate surface area is 245 Å². The SMILES string of the molecule is CCCN(C(=O)[C@@H](N=[N+]=[N-])C(C)CC)[C@H](C[C@@H](O)c1nc(C(=O)N[C@@H](Cc2ccccc2)C(=O)OC)cs1)C(C)C. The van der Waals surface area contributed by atoms with Crippen LogP contribution in [0.3, 0.4) is 0 Å². The highest BCUT2D eigenvalue weighted by Gasteiger charge is 2.35. The van der Waals surface area contributed by atoms with Gasteiger partial charge in [0.25, 0.3) is 5.91 Å². The lowest BCUT2D eigenvalue weighted by atomic mass is 9.93. The first-order valence-corrected chi connectivity index (χ1v) is 14.9. The maximum Gasteiger partial charge on any atom is 0.328 e. The van der Waals surface area contributed by atoms with Crippen LogP contribution in [-0.2, 0) is 20.7 Å². The van der Waals surface area contributed by atoms with Crippen LogP contribution in [0, 0.1) is 11.8 Å². The van der Waals surface area contributed by atoms with E-state index in [-0.39, 0.29) is 42.3 Å². The molecule has 12 heteroatoms. The van der Waals surface area contributed by atoms with E-state index in [0.29, 0.717) is 24.4 Å². The molecule has 1 heterocycles. The predicted molar refractivity (Wildman–Crippen MR) is 158 cm³/mol. The van der Waals surface area contributed by atoms with Gasteiger partial charge in [-0.25, -0.2) is 9.78 Å². The number of thiazole rings is 1. The molecule has 224 valence electrons. The zero-order valence-electron chi connectivity index (χ0n) is 24.7. The lowest BCUT2D eigenvalue weighted by molar-refractivity contribution is -0.143. The quantitative estimate of drug-likeness (QED) is 0.121. The Bertz CT molecular complexity index is 1180. The van der Waals surface area contributed by atoms with Crippen LogP contribution < -0.4 is 5.32 Å². The van der Waals surface area contributed by atoms with E-state index in [1.54, 1.807) is 4.90 Å². The number of benzene rings is 1. The second-order valence-corrected chi connectivity index (χ2v) is 11.3. The lowest BCUT2D eigenvalue weighted by Gasteiger charge is -2.37. The number of rotatable bonds is 16. The molecular weight excluding hydrogens is 544 g/mol. The summed E-state index contributed by atoms with van der Waals surface area (Å²) in [7, 11) is 1.26.